The number of carbonyl (C=O) groups excluding carboxylic acids is 1. The van der Waals surface area contributed by atoms with E-state index in [-0.39, 0.29) is 11.9 Å². The van der Waals surface area contributed by atoms with E-state index < -0.39 is 0 Å². The van der Waals surface area contributed by atoms with Gasteiger partial charge in [-0.3, -0.25) is 4.79 Å². The van der Waals surface area contributed by atoms with Crippen LogP contribution in [0.3, 0.4) is 0 Å². The Morgan fingerprint density at radius 3 is 3.11 bits per heavy atom. The summed E-state index contributed by atoms with van der Waals surface area (Å²) < 4.78 is 0. The van der Waals surface area contributed by atoms with E-state index in [2.05, 4.69) is 29.1 Å². The van der Waals surface area contributed by atoms with Crippen molar-refractivity contribution in [1.82, 2.24) is 15.3 Å². The molecule has 0 aliphatic carbocycles. The highest BCUT2D eigenvalue weighted by atomic mass is 16.2. The SMILES string of the molecule is CC(C)NC1CC(=O)N(c2ccc3nc[nH]c3c2)C1. The number of imidazole rings is 1. The maximum absolute atomic E-state index is 12.1. The van der Waals surface area contributed by atoms with Gasteiger partial charge in [0.25, 0.3) is 0 Å². The first-order valence-electron chi connectivity index (χ1n) is 6.63. The van der Waals surface area contributed by atoms with Gasteiger partial charge >= 0.3 is 0 Å². The summed E-state index contributed by atoms with van der Waals surface area (Å²) in [6.07, 6.45) is 2.24. The summed E-state index contributed by atoms with van der Waals surface area (Å²) in [5, 5.41) is 3.42. The van der Waals surface area contributed by atoms with E-state index in [1.165, 1.54) is 0 Å². The lowest BCUT2D eigenvalue weighted by Crippen LogP contribution is -2.37. The average Bonchev–Trinajstić information content (AvgIpc) is 2.93. The molecule has 1 aliphatic heterocycles. The Balaban J connectivity index is 1.83. The van der Waals surface area contributed by atoms with E-state index in [0.29, 0.717) is 12.5 Å². The van der Waals surface area contributed by atoms with Crippen molar-refractivity contribution in [3.05, 3.63) is 24.5 Å². The summed E-state index contributed by atoms with van der Waals surface area (Å²) in [4.78, 5) is 21.2. The first-order valence-corrected chi connectivity index (χ1v) is 6.63. The quantitative estimate of drug-likeness (QED) is 0.880. The fraction of sp³-hybridized carbons (Fsp3) is 0.429. The average molecular weight is 258 g/mol. The number of carbonyl (C=O) groups is 1. The van der Waals surface area contributed by atoms with Crippen molar-refractivity contribution >= 4 is 22.6 Å². The van der Waals surface area contributed by atoms with E-state index in [4.69, 9.17) is 0 Å². The Morgan fingerprint density at radius 2 is 2.32 bits per heavy atom. The zero-order chi connectivity index (χ0) is 13.4. The Kier molecular flexibility index (Phi) is 2.98. The number of aromatic amines is 1. The molecule has 2 N–H and O–H groups in total. The molecule has 1 amide bonds. The van der Waals surface area contributed by atoms with E-state index in [0.717, 1.165) is 23.3 Å². The van der Waals surface area contributed by atoms with Crippen molar-refractivity contribution in [2.75, 3.05) is 11.4 Å². The fourth-order valence-electron chi connectivity index (χ4n) is 2.63. The molecule has 1 aromatic heterocycles. The van der Waals surface area contributed by atoms with Crippen LogP contribution in [-0.4, -0.2) is 34.5 Å². The molecule has 0 saturated carbocycles. The van der Waals surface area contributed by atoms with Gasteiger partial charge in [0.1, 0.15) is 0 Å². The molecule has 0 spiro atoms. The van der Waals surface area contributed by atoms with E-state index in [1.54, 1.807) is 6.33 Å². The van der Waals surface area contributed by atoms with Crippen LogP contribution in [0.4, 0.5) is 5.69 Å². The van der Waals surface area contributed by atoms with E-state index >= 15 is 0 Å². The van der Waals surface area contributed by atoms with E-state index in [9.17, 15) is 4.79 Å². The lowest BCUT2D eigenvalue weighted by atomic mass is 10.2. The molecule has 5 nitrogen and oxygen atoms in total. The third kappa shape index (κ3) is 2.33. The number of nitrogens with zero attached hydrogens (tertiary/aromatic N) is 2. The molecule has 100 valence electrons. The zero-order valence-electron chi connectivity index (χ0n) is 11.2. The number of fused-ring (bicyclic) bond motifs is 1. The summed E-state index contributed by atoms with van der Waals surface area (Å²) in [6.45, 7) is 4.93. The largest absolute Gasteiger partial charge is 0.345 e. The van der Waals surface area contributed by atoms with Crippen molar-refractivity contribution in [3.8, 4) is 0 Å². The van der Waals surface area contributed by atoms with Crippen LogP contribution >= 0.6 is 0 Å². The van der Waals surface area contributed by atoms with Gasteiger partial charge in [0.2, 0.25) is 5.91 Å². The van der Waals surface area contributed by atoms with Crippen LogP contribution in [0.2, 0.25) is 0 Å². The number of benzene rings is 1. The van der Waals surface area contributed by atoms with Crippen LogP contribution < -0.4 is 10.2 Å². The van der Waals surface area contributed by atoms with Gasteiger partial charge in [-0.25, -0.2) is 4.98 Å². The topological polar surface area (TPSA) is 61.0 Å². The highest BCUT2D eigenvalue weighted by Gasteiger charge is 2.30. The van der Waals surface area contributed by atoms with Gasteiger partial charge in [-0.2, -0.15) is 0 Å². The van der Waals surface area contributed by atoms with Crippen LogP contribution in [-0.2, 0) is 4.79 Å². The highest BCUT2D eigenvalue weighted by Crippen LogP contribution is 2.24. The molecule has 1 saturated heterocycles. The summed E-state index contributed by atoms with van der Waals surface area (Å²) >= 11 is 0. The molecule has 0 radical (unpaired) electrons. The smallest absolute Gasteiger partial charge is 0.228 e. The van der Waals surface area contributed by atoms with Gasteiger partial charge in [0.05, 0.1) is 17.4 Å². The Labute approximate surface area is 112 Å². The molecule has 3 rings (SSSR count). The van der Waals surface area contributed by atoms with Crippen molar-refractivity contribution in [2.24, 2.45) is 0 Å². The second-order valence-electron chi connectivity index (χ2n) is 5.33. The maximum Gasteiger partial charge on any atom is 0.228 e. The molecule has 0 bridgehead atoms. The minimum Gasteiger partial charge on any atom is -0.345 e. The minimum atomic E-state index is 0.178. The predicted molar refractivity (Wildman–Crippen MR) is 75.1 cm³/mol. The zero-order valence-corrected chi connectivity index (χ0v) is 11.2. The fourth-order valence-corrected chi connectivity index (χ4v) is 2.63. The number of aromatic nitrogens is 2. The molecule has 1 aliphatic rings. The Hall–Kier alpha value is -1.88. The molecule has 2 aromatic rings. The Morgan fingerprint density at radius 1 is 1.47 bits per heavy atom. The summed E-state index contributed by atoms with van der Waals surface area (Å²) in [6, 6.07) is 6.52. The predicted octanol–water partition coefficient (Wildman–Crippen LogP) is 1.67. The molecule has 1 fully saturated rings. The lowest BCUT2D eigenvalue weighted by molar-refractivity contribution is -0.117. The van der Waals surface area contributed by atoms with Crippen molar-refractivity contribution in [2.45, 2.75) is 32.4 Å². The number of rotatable bonds is 3. The van der Waals surface area contributed by atoms with Gasteiger partial charge in [-0.1, -0.05) is 13.8 Å². The summed E-state index contributed by atoms with van der Waals surface area (Å²) in [5.41, 5.74) is 2.83. The molecule has 1 aromatic carbocycles. The van der Waals surface area contributed by atoms with Crippen molar-refractivity contribution in [1.29, 1.82) is 0 Å². The van der Waals surface area contributed by atoms with Gasteiger partial charge in [-0.15, -0.1) is 0 Å². The van der Waals surface area contributed by atoms with Gasteiger partial charge in [-0.05, 0) is 18.2 Å². The van der Waals surface area contributed by atoms with Crippen LogP contribution in [0.25, 0.3) is 11.0 Å². The number of anilines is 1. The minimum absolute atomic E-state index is 0.178. The number of amides is 1. The number of hydrogen-bond donors (Lipinski definition) is 2. The highest BCUT2D eigenvalue weighted by molar-refractivity contribution is 5.97. The van der Waals surface area contributed by atoms with Crippen molar-refractivity contribution < 1.29 is 4.79 Å². The third-order valence-corrected chi connectivity index (χ3v) is 3.41. The van der Waals surface area contributed by atoms with Gasteiger partial charge in [0, 0.05) is 30.7 Å². The first-order chi connectivity index (χ1) is 9.13. The molecule has 5 heteroatoms. The van der Waals surface area contributed by atoms with E-state index in [1.807, 2.05) is 23.1 Å². The van der Waals surface area contributed by atoms with Crippen LogP contribution in [0.15, 0.2) is 24.5 Å². The Bertz CT molecular complexity index is 604. The van der Waals surface area contributed by atoms with Gasteiger partial charge in [0.15, 0.2) is 0 Å². The molecule has 1 atom stereocenters. The molecule has 2 heterocycles. The summed E-state index contributed by atoms with van der Waals surface area (Å²) in [7, 11) is 0. The van der Waals surface area contributed by atoms with Crippen LogP contribution in [0.1, 0.15) is 20.3 Å². The monoisotopic (exact) mass is 258 g/mol. The normalized spacial score (nSPS) is 19.8. The van der Waals surface area contributed by atoms with Crippen LogP contribution in [0, 0.1) is 0 Å². The second kappa shape index (κ2) is 4.66. The molecular formula is C14H18N4O. The number of H-pyrrole nitrogens is 1. The standard InChI is InChI=1S/C14H18N4O/c1-9(2)17-10-5-14(19)18(7-10)11-3-4-12-13(6-11)16-8-15-12/h3-4,6,8-10,17H,5,7H2,1-2H3,(H,15,16). The number of hydrogen-bond acceptors (Lipinski definition) is 3. The maximum atomic E-state index is 12.1. The lowest BCUT2D eigenvalue weighted by Gasteiger charge is -2.18. The second-order valence-corrected chi connectivity index (χ2v) is 5.33. The van der Waals surface area contributed by atoms with Gasteiger partial charge < -0.3 is 15.2 Å². The molecule has 19 heavy (non-hydrogen) atoms. The molecular weight excluding hydrogens is 240 g/mol. The van der Waals surface area contributed by atoms with Crippen LogP contribution in [0.5, 0.6) is 0 Å². The first kappa shape index (κ1) is 12.2. The molecule has 1 unspecified atom stereocenters. The summed E-state index contributed by atoms with van der Waals surface area (Å²) in [5.74, 6) is 0.178. The number of nitrogens with one attached hydrogen (secondary N) is 2. The third-order valence-electron chi connectivity index (χ3n) is 3.41. The van der Waals surface area contributed by atoms with Crippen molar-refractivity contribution in [3.63, 3.8) is 0 Å².